The Morgan fingerprint density at radius 1 is 1.29 bits per heavy atom. The second kappa shape index (κ2) is 2.81. The van der Waals surface area contributed by atoms with Crippen molar-refractivity contribution in [2.45, 2.75) is 44.1 Å². The highest BCUT2D eigenvalue weighted by atomic mass is 19.3. The third-order valence-corrected chi connectivity index (χ3v) is 3.73. The number of halogens is 2. The number of hydrogen-bond acceptors (Lipinski definition) is 1. The summed E-state index contributed by atoms with van der Waals surface area (Å²) in [6.07, 6.45) is -1.09. The molecule has 2 N–H and O–H groups in total. The number of alkyl halides is 2. The predicted molar refractivity (Wildman–Crippen MR) is 45.4 cm³/mol. The van der Waals surface area contributed by atoms with Gasteiger partial charge in [0.25, 0.3) is 0 Å². The summed E-state index contributed by atoms with van der Waals surface area (Å²) in [5.41, 5.74) is -1.45. The number of carboxylic acid groups (broad SMARTS) is 1. The van der Waals surface area contributed by atoms with E-state index in [-0.39, 0.29) is 0 Å². The van der Waals surface area contributed by atoms with Crippen LogP contribution < -0.4 is 5.32 Å². The van der Waals surface area contributed by atoms with Gasteiger partial charge < -0.3 is 10.4 Å². The van der Waals surface area contributed by atoms with Crippen LogP contribution in [0.3, 0.4) is 0 Å². The van der Waals surface area contributed by atoms with Crippen molar-refractivity contribution in [3.05, 3.63) is 0 Å². The summed E-state index contributed by atoms with van der Waals surface area (Å²) in [5.74, 6) is 0. The minimum absolute atomic E-state index is 0.309. The highest BCUT2D eigenvalue weighted by Crippen LogP contribution is 2.59. The third-order valence-electron chi connectivity index (χ3n) is 3.73. The molecule has 0 aromatic heterocycles. The van der Waals surface area contributed by atoms with Gasteiger partial charge in [0.05, 0.1) is 0 Å². The molecule has 0 heterocycles. The third kappa shape index (κ3) is 1.26. The zero-order valence-electron chi connectivity index (χ0n) is 7.72. The predicted octanol–water partition coefficient (Wildman–Crippen LogP) is 2.22. The Bertz CT molecular complexity index is 260. The van der Waals surface area contributed by atoms with Crippen molar-refractivity contribution in [2.24, 2.45) is 5.41 Å². The molecule has 2 bridgehead atoms. The Labute approximate surface area is 80.5 Å². The minimum Gasteiger partial charge on any atom is -0.465 e. The van der Waals surface area contributed by atoms with Gasteiger partial charge in [-0.15, -0.1) is 0 Å². The lowest BCUT2D eigenvalue weighted by atomic mass is 9.84. The van der Waals surface area contributed by atoms with Gasteiger partial charge in [0.1, 0.15) is 0 Å². The Hall–Kier alpha value is -0.870. The number of rotatable bonds is 2. The molecule has 2 aliphatic rings. The highest BCUT2D eigenvalue weighted by molar-refractivity contribution is 5.66. The summed E-state index contributed by atoms with van der Waals surface area (Å²) in [5, 5.41) is 11.0. The molecular formula is C9H13F2NO2. The first kappa shape index (κ1) is 9.68. The Morgan fingerprint density at radius 2 is 1.86 bits per heavy atom. The normalized spacial score (nSPS) is 40.5. The molecule has 14 heavy (non-hydrogen) atoms. The van der Waals surface area contributed by atoms with Gasteiger partial charge in [-0.2, -0.15) is 0 Å². The van der Waals surface area contributed by atoms with E-state index in [0.29, 0.717) is 32.1 Å². The molecule has 0 aromatic carbocycles. The molecule has 0 saturated heterocycles. The zero-order chi connectivity index (χ0) is 10.4. The zero-order valence-corrected chi connectivity index (χ0v) is 7.72. The van der Waals surface area contributed by atoms with Gasteiger partial charge in [-0.05, 0) is 32.1 Å². The van der Waals surface area contributed by atoms with E-state index >= 15 is 0 Å². The van der Waals surface area contributed by atoms with Crippen molar-refractivity contribution in [1.29, 1.82) is 0 Å². The molecule has 5 heteroatoms. The van der Waals surface area contributed by atoms with E-state index in [0.717, 1.165) is 0 Å². The van der Waals surface area contributed by atoms with Crippen molar-refractivity contribution >= 4 is 6.09 Å². The molecule has 0 aliphatic heterocycles. The van der Waals surface area contributed by atoms with Gasteiger partial charge >= 0.3 is 6.09 Å². The van der Waals surface area contributed by atoms with Crippen molar-refractivity contribution < 1.29 is 18.7 Å². The van der Waals surface area contributed by atoms with Gasteiger partial charge in [-0.1, -0.05) is 0 Å². The van der Waals surface area contributed by atoms with E-state index < -0.39 is 23.5 Å². The van der Waals surface area contributed by atoms with Crippen LogP contribution in [0.5, 0.6) is 0 Å². The van der Waals surface area contributed by atoms with Gasteiger partial charge in [0, 0.05) is 11.0 Å². The monoisotopic (exact) mass is 205 g/mol. The summed E-state index contributed by atoms with van der Waals surface area (Å²) in [6, 6.07) is 0. The van der Waals surface area contributed by atoms with Crippen molar-refractivity contribution in [1.82, 2.24) is 5.32 Å². The van der Waals surface area contributed by atoms with Crippen LogP contribution in [0.25, 0.3) is 0 Å². The maximum absolute atomic E-state index is 12.8. The van der Waals surface area contributed by atoms with Crippen molar-refractivity contribution in [2.75, 3.05) is 0 Å². The quantitative estimate of drug-likeness (QED) is 0.726. The molecule has 0 radical (unpaired) electrons. The van der Waals surface area contributed by atoms with E-state index in [1.54, 1.807) is 0 Å². The molecule has 0 unspecified atom stereocenters. The number of fused-ring (bicyclic) bond motifs is 2. The van der Waals surface area contributed by atoms with Crippen LogP contribution in [0.15, 0.2) is 0 Å². The van der Waals surface area contributed by atoms with Crippen molar-refractivity contribution in [3.63, 3.8) is 0 Å². The van der Waals surface area contributed by atoms with Crippen LogP contribution in [0, 0.1) is 5.41 Å². The molecule has 1 amide bonds. The molecule has 2 aliphatic carbocycles. The Morgan fingerprint density at radius 3 is 2.21 bits per heavy atom. The SMILES string of the molecule is O=C(O)NC12CCC(C(F)F)(CC1)C2. The molecule has 2 fully saturated rings. The van der Waals surface area contributed by atoms with Crippen LogP contribution in [0.2, 0.25) is 0 Å². The van der Waals surface area contributed by atoms with E-state index in [1.807, 2.05) is 0 Å². The molecule has 3 nitrogen and oxygen atoms in total. The Balaban J connectivity index is 2.12. The fraction of sp³-hybridized carbons (Fsp3) is 0.889. The van der Waals surface area contributed by atoms with Gasteiger partial charge in [0.15, 0.2) is 0 Å². The first-order valence-electron chi connectivity index (χ1n) is 4.77. The van der Waals surface area contributed by atoms with E-state index in [9.17, 15) is 13.6 Å². The maximum Gasteiger partial charge on any atom is 0.405 e. The second-order valence-corrected chi connectivity index (χ2v) is 4.55. The van der Waals surface area contributed by atoms with Crippen LogP contribution >= 0.6 is 0 Å². The number of hydrogen-bond donors (Lipinski definition) is 2. The maximum atomic E-state index is 12.8. The lowest BCUT2D eigenvalue weighted by Gasteiger charge is -2.26. The smallest absolute Gasteiger partial charge is 0.405 e. The summed E-state index contributed by atoms with van der Waals surface area (Å²) in [7, 11) is 0. The Kier molecular flexibility index (Phi) is 1.94. The topological polar surface area (TPSA) is 49.3 Å². The first-order chi connectivity index (χ1) is 6.48. The second-order valence-electron chi connectivity index (χ2n) is 4.55. The standard InChI is InChI=1S/C9H13F2NO2/c10-6(11)8-1-3-9(5-8,4-2-8)12-7(13)14/h6,12H,1-5H2,(H,13,14). The fourth-order valence-corrected chi connectivity index (χ4v) is 2.95. The molecular weight excluding hydrogens is 192 g/mol. The van der Waals surface area contributed by atoms with E-state index in [1.165, 1.54) is 0 Å². The van der Waals surface area contributed by atoms with Crippen LogP contribution in [0.1, 0.15) is 32.1 Å². The molecule has 2 rings (SSSR count). The average molecular weight is 205 g/mol. The summed E-state index contributed by atoms with van der Waals surface area (Å²) in [6.45, 7) is 0. The summed E-state index contributed by atoms with van der Waals surface area (Å²) < 4.78 is 25.5. The lowest BCUT2D eigenvalue weighted by Crippen LogP contribution is -2.44. The van der Waals surface area contributed by atoms with Crippen LogP contribution in [0.4, 0.5) is 13.6 Å². The number of nitrogens with one attached hydrogen (secondary N) is 1. The lowest BCUT2D eigenvalue weighted by molar-refractivity contribution is 0.00161. The largest absolute Gasteiger partial charge is 0.465 e. The summed E-state index contributed by atoms with van der Waals surface area (Å²) in [4.78, 5) is 10.5. The van der Waals surface area contributed by atoms with Gasteiger partial charge in [0.2, 0.25) is 6.43 Å². The van der Waals surface area contributed by atoms with Gasteiger partial charge in [-0.25, -0.2) is 13.6 Å². The molecule has 0 atom stereocenters. The molecule has 2 saturated carbocycles. The average Bonchev–Trinajstić information content (AvgIpc) is 2.58. The minimum atomic E-state index is -2.32. The highest BCUT2D eigenvalue weighted by Gasteiger charge is 2.59. The fourth-order valence-electron chi connectivity index (χ4n) is 2.95. The van der Waals surface area contributed by atoms with Gasteiger partial charge in [-0.3, -0.25) is 0 Å². The first-order valence-corrected chi connectivity index (χ1v) is 4.77. The number of amides is 1. The van der Waals surface area contributed by atoms with E-state index in [4.69, 9.17) is 5.11 Å². The molecule has 0 spiro atoms. The van der Waals surface area contributed by atoms with Crippen LogP contribution in [-0.2, 0) is 0 Å². The van der Waals surface area contributed by atoms with Crippen molar-refractivity contribution in [3.8, 4) is 0 Å². The molecule has 0 aromatic rings. The molecule has 80 valence electrons. The van der Waals surface area contributed by atoms with E-state index in [2.05, 4.69) is 5.32 Å². The summed E-state index contributed by atoms with van der Waals surface area (Å²) >= 11 is 0. The van der Waals surface area contributed by atoms with Crippen LogP contribution in [-0.4, -0.2) is 23.2 Å². The number of carbonyl (C=O) groups is 1.